The summed E-state index contributed by atoms with van der Waals surface area (Å²) in [7, 11) is 0. The van der Waals surface area contributed by atoms with Gasteiger partial charge in [-0.05, 0) is 49.9 Å². The molecule has 1 aliphatic carbocycles. The maximum atomic E-state index is 13.9. The molecule has 3 heteroatoms. The molecule has 1 atom stereocenters. The minimum absolute atomic E-state index is 0.0154. The van der Waals surface area contributed by atoms with Crippen LogP contribution in [0, 0.1) is 12.7 Å². The molecule has 0 radical (unpaired) electrons. The van der Waals surface area contributed by atoms with Crippen LogP contribution >= 0.6 is 15.9 Å². The van der Waals surface area contributed by atoms with Gasteiger partial charge in [0.05, 0.1) is 0 Å². The number of aryl methyl sites for hydroxylation is 1. The quantitative estimate of drug-likeness (QED) is 0.878. The Morgan fingerprint density at radius 3 is 2.53 bits per heavy atom. The highest BCUT2D eigenvalue weighted by Gasteiger charge is 2.49. The van der Waals surface area contributed by atoms with Crippen molar-refractivity contribution < 1.29 is 4.39 Å². The smallest absolute Gasteiger partial charge is 0.127 e. The van der Waals surface area contributed by atoms with Crippen LogP contribution in [-0.4, -0.2) is 6.04 Å². The summed E-state index contributed by atoms with van der Waals surface area (Å²) in [4.78, 5) is 0. The lowest BCUT2D eigenvalue weighted by atomic mass is 9.88. The number of hydrogen-bond acceptors (Lipinski definition) is 1. The Kier molecular flexibility index (Phi) is 2.63. The summed E-state index contributed by atoms with van der Waals surface area (Å²) in [6, 6.07) is 3.49. The van der Waals surface area contributed by atoms with E-state index in [1.807, 2.05) is 19.9 Å². The molecule has 0 spiro atoms. The van der Waals surface area contributed by atoms with Crippen molar-refractivity contribution in [3.63, 3.8) is 0 Å². The second-order valence-corrected chi connectivity index (χ2v) is 5.38. The first-order valence-electron chi connectivity index (χ1n) is 5.19. The topological polar surface area (TPSA) is 26.0 Å². The summed E-state index contributed by atoms with van der Waals surface area (Å²) < 4.78 is 14.8. The molecule has 1 saturated carbocycles. The van der Waals surface area contributed by atoms with Crippen LogP contribution in [0.25, 0.3) is 0 Å². The van der Waals surface area contributed by atoms with E-state index >= 15 is 0 Å². The first-order valence-corrected chi connectivity index (χ1v) is 5.98. The van der Waals surface area contributed by atoms with Crippen molar-refractivity contribution in [1.29, 1.82) is 0 Å². The summed E-state index contributed by atoms with van der Waals surface area (Å²) >= 11 is 3.44. The highest BCUT2D eigenvalue weighted by molar-refractivity contribution is 9.10. The van der Waals surface area contributed by atoms with Gasteiger partial charge in [0.25, 0.3) is 0 Å². The molecule has 0 saturated heterocycles. The van der Waals surface area contributed by atoms with Crippen molar-refractivity contribution in [2.75, 3.05) is 0 Å². The maximum Gasteiger partial charge on any atom is 0.127 e. The number of rotatable bonds is 2. The normalized spacial score (nSPS) is 20.1. The molecule has 82 valence electrons. The van der Waals surface area contributed by atoms with E-state index in [0.717, 1.165) is 28.4 Å². The van der Waals surface area contributed by atoms with E-state index in [1.54, 1.807) is 6.07 Å². The van der Waals surface area contributed by atoms with Crippen LogP contribution in [0.2, 0.25) is 0 Å². The fourth-order valence-corrected chi connectivity index (χ4v) is 2.48. The lowest BCUT2D eigenvalue weighted by molar-refractivity contribution is 0.511. The maximum absolute atomic E-state index is 13.9. The Balaban J connectivity index is 2.49. The van der Waals surface area contributed by atoms with Crippen LogP contribution in [0.1, 0.15) is 30.9 Å². The molecule has 1 nitrogen and oxygen atoms in total. The average Bonchev–Trinajstić information content (AvgIpc) is 2.92. The molecule has 0 bridgehead atoms. The molecular weight excluding hydrogens is 257 g/mol. The van der Waals surface area contributed by atoms with Crippen molar-refractivity contribution >= 4 is 15.9 Å². The lowest BCUT2D eigenvalue weighted by Crippen LogP contribution is -2.32. The van der Waals surface area contributed by atoms with Crippen LogP contribution in [0.4, 0.5) is 4.39 Å². The van der Waals surface area contributed by atoms with Crippen molar-refractivity contribution in [1.82, 2.24) is 0 Å². The van der Waals surface area contributed by atoms with E-state index < -0.39 is 0 Å². The van der Waals surface area contributed by atoms with Gasteiger partial charge in [0, 0.05) is 15.9 Å². The van der Waals surface area contributed by atoms with Crippen LogP contribution in [-0.2, 0) is 5.41 Å². The summed E-state index contributed by atoms with van der Waals surface area (Å²) in [5.41, 5.74) is 7.53. The van der Waals surface area contributed by atoms with Gasteiger partial charge in [0.2, 0.25) is 0 Å². The second kappa shape index (κ2) is 3.56. The van der Waals surface area contributed by atoms with Crippen molar-refractivity contribution in [3.8, 4) is 0 Å². The van der Waals surface area contributed by atoms with Gasteiger partial charge in [-0.2, -0.15) is 0 Å². The minimum atomic E-state index is -0.120. The minimum Gasteiger partial charge on any atom is -0.327 e. The van der Waals surface area contributed by atoms with E-state index in [4.69, 9.17) is 5.73 Å². The molecule has 1 fully saturated rings. The fraction of sp³-hybridized carbons (Fsp3) is 0.500. The molecule has 0 heterocycles. The average molecular weight is 272 g/mol. The second-order valence-electron chi connectivity index (χ2n) is 4.53. The van der Waals surface area contributed by atoms with E-state index in [0.29, 0.717) is 0 Å². The summed E-state index contributed by atoms with van der Waals surface area (Å²) in [6.45, 7) is 3.85. The fourth-order valence-electron chi connectivity index (χ4n) is 2.13. The van der Waals surface area contributed by atoms with Crippen molar-refractivity contribution in [2.45, 2.75) is 38.1 Å². The summed E-state index contributed by atoms with van der Waals surface area (Å²) in [6.07, 6.45) is 1.99. The van der Waals surface area contributed by atoms with Crippen LogP contribution in [0.5, 0.6) is 0 Å². The molecule has 1 aromatic rings. The van der Waals surface area contributed by atoms with Gasteiger partial charge in [-0.15, -0.1) is 0 Å². The predicted molar refractivity (Wildman–Crippen MR) is 63.4 cm³/mol. The highest BCUT2D eigenvalue weighted by atomic mass is 79.9. The van der Waals surface area contributed by atoms with Crippen molar-refractivity contribution in [3.05, 3.63) is 33.5 Å². The zero-order valence-corrected chi connectivity index (χ0v) is 10.6. The van der Waals surface area contributed by atoms with Gasteiger partial charge in [0.15, 0.2) is 0 Å². The molecule has 2 N–H and O–H groups in total. The Bertz CT molecular complexity index is 397. The number of halogens is 2. The summed E-state index contributed by atoms with van der Waals surface area (Å²) in [5, 5.41) is 0. The molecule has 15 heavy (non-hydrogen) atoms. The molecule has 1 aliphatic rings. The van der Waals surface area contributed by atoms with E-state index in [2.05, 4.69) is 15.9 Å². The van der Waals surface area contributed by atoms with Crippen LogP contribution < -0.4 is 5.73 Å². The van der Waals surface area contributed by atoms with Gasteiger partial charge in [-0.25, -0.2) is 4.39 Å². The Labute approximate surface area is 98.0 Å². The van der Waals surface area contributed by atoms with Gasteiger partial charge in [-0.1, -0.05) is 15.9 Å². The SMILES string of the molecule is Cc1cc(F)c(C2(C(C)N)CC2)cc1Br. The zero-order valence-electron chi connectivity index (χ0n) is 8.98. The molecule has 0 aromatic heterocycles. The Morgan fingerprint density at radius 2 is 2.07 bits per heavy atom. The zero-order chi connectivity index (χ0) is 11.2. The molecule has 2 rings (SSSR count). The molecule has 0 amide bonds. The van der Waals surface area contributed by atoms with Crippen LogP contribution in [0.15, 0.2) is 16.6 Å². The molecule has 1 unspecified atom stereocenters. The first-order chi connectivity index (χ1) is 6.97. The lowest BCUT2D eigenvalue weighted by Gasteiger charge is -2.21. The number of benzene rings is 1. The van der Waals surface area contributed by atoms with Crippen molar-refractivity contribution in [2.24, 2.45) is 5.73 Å². The number of nitrogens with two attached hydrogens (primary N) is 1. The summed E-state index contributed by atoms with van der Waals surface area (Å²) in [5.74, 6) is -0.120. The highest BCUT2D eigenvalue weighted by Crippen LogP contribution is 2.51. The van der Waals surface area contributed by atoms with Crippen LogP contribution in [0.3, 0.4) is 0 Å². The van der Waals surface area contributed by atoms with Gasteiger partial charge in [-0.3, -0.25) is 0 Å². The van der Waals surface area contributed by atoms with E-state index in [9.17, 15) is 4.39 Å². The Morgan fingerprint density at radius 1 is 1.47 bits per heavy atom. The monoisotopic (exact) mass is 271 g/mol. The van der Waals surface area contributed by atoms with Gasteiger partial charge >= 0.3 is 0 Å². The standard InChI is InChI=1S/C12H15BrFN/c1-7-5-11(14)9(6-10(7)13)12(3-4-12)8(2)15/h5-6,8H,3-4,15H2,1-2H3. The van der Waals surface area contributed by atoms with E-state index in [-0.39, 0.29) is 17.3 Å². The molecule has 1 aromatic carbocycles. The van der Waals surface area contributed by atoms with Gasteiger partial charge < -0.3 is 5.73 Å². The number of hydrogen-bond donors (Lipinski definition) is 1. The third-order valence-electron chi connectivity index (χ3n) is 3.45. The predicted octanol–water partition coefficient (Wildman–Crippen LogP) is 3.28. The van der Waals surface area contributed by atoms with Gasteiger partial charge in [0.1, 0.15) is 5.82 Å². The Hall–Kier alpha value is -0.410. The first kappa shape index (κ1) is 11.1. The third kappa shape index (κ3) is 1.72. The molecule has 0 aliphatic heterocycles. The van der Waals surface area contributed by atoms with E-state index in [1.165, 1.54) is 0 Å². The largest absolute Gasteiger partial charge is 0.327 e. The third-order valence-corrected chi connectivity index (χ3v) is 4.30. The molecular formula is C12H15BrFN.